The minimum absolute atomic E-state index is 0.145. The number of sulfonamides is 1. The van der Waals surface area contributed by atoms with Crippen LogP contribution in [0.15, 0.2) is 112 Å². The van der Waals surface area contributed by atoms with Crippen molar-refractivity contribution in [1.29, 1.82) is 0 Å². The molecule has 0 aliphatic carbocycles. The van der Waals surface area contributed by atoms with Crippen molar-refractivity contribution in [2.24, 2.45) is 0 Å². The van der Waals surface area contributed by atoms with E-state index in [4.69, 9.17) is 0 Å². The molecule has 184 valence electrons. The van der Waals surface area contributed by atoms with E-state index in [1.165, 1.54) is 10.4 Å². The van der Waals surface area contributed by atoms with Crippen molar-refractivity contribution in [3.05, 3.63) is 130 Å². The second kappa shape index (κ2) is 11.6. The fraction of sp³-hybridized carbons (Fsp3) is 0.107. The van der Waals surface area contributed by atoms with Gasteiger partial charge in [-0.3, -0.25) is 4.79 Å². The van der Waals surface area contributed by atoms with Crippen LogP contribution < -0.4 is 5.32 Å². The molecule has 1 N–H and O–H groups in total. The van der Waals surface area contributed by atoms with Gasteiger partial charge in [0.05, 0.1) is 10.5 Å². The molecule has 8 heteroatoms. The first-order valence-corrected chi connectivity index (χ1v) is 13.5. The van der Waals surface area contributed by atoms with E-state index in [-0.39, 0.29) is 23.5 Å². The average Bonchev–Trinajstić information content (AvgIpc) is 2.89. The molecular formula is C28H24BrFN2O3S. The molecule has 0 aliphatic heterocycles. The maximum Gasteiger partial charge on any atom is 0.258 e. The van der Waals surface area contributed by atoms with Crippen LogP contribution in [-0.2, 0) is 23.0 Å². The highest BCUT2D eigenvalue weighted by Crippen LogP contribution is 2.23. The molecular weight excluding hydrogens is 543 g/mol. The molecule has 1 amide bonds. The quantitative estimate of drug-likeness (QED) is 0.259. The summed E-state index contributed by atoms with van der Waals surface area (Å²) < 4.78 is 44.2. The Morgan fingerprint density at radius 3 is 2.08 bits per heavy atom. The topological polar surface area (TPSA) is 66.5 Å². The molecule has 0 unspecified atom stereocenters. The number of benzene rings is 4. The Labute approximate surface area is 218 Å². The van der Waals surface area contributed by atoms with Gasteiger partial charge in [0.15, 0.2) is 0 Å². The summed E-state index contributed by atoms with van der Waals surface area (Å²) in [7, 11) is -4.04. The third-order valence-corrected chi connectivity index (χ3v) is 7.99. The monoisotopic (exact) mass is 566 g/mol. The van der Waals surface area contributed by atoms with E-state index in [0.717, 1.165) is 27.7 Å². The van der Waals surface area contributed by atoms with Crippen molar-refractivity contribution >= 4 is 37.5 Å². The summed E-state index contributed by atoms with van der Waals surface area (Å²) in [6.07, 6.45) is 0.505. The molecule has 4 aromatic carbocycles. The molecule has 0 radical (unpaired) electrons. The lowest BCUT2D eigenvalue weighted by Gasteiger charge is -2.23. The Balaban J connectivity index is 1.62. The smallest absolute Gasteiger partial charge is 0.258 e. The number of hydrogen-bond acceptors (Lipinski definition) is 3. The minimum Gasteiger partial charge on any atom is -0.322 e. The highest BCUT2D eigenvalue weighted by atomic mass is 79.9. The van der Waals surface area contributed by atoms with Gasteiger partial charge in [-0.05, 0) is 60.0 Å². The van der Waals surface area contributed by atoms with Gasteiger partial charge in [0, 0.05) is 23.2 Å². The lowest BCUT2D eigenvalue weighted by Crippen LogP contribution is -2.33. The molecule has 0 aromatic heterocycles. The Morgan fingerprint density at radius 2 is 1.44 bits per heavy atom. The summed E-state index contributed by atoms with van der Waals surface area (Å²) in [5.74, 6) is -1.53. The number of anilines is 1. The number of amides is 1. The fourth-order valence-electron chi connectivity index (χ4n) is 3.69. The maximum atomic E-state index is 14.6. The van der Waals surface area contributed by atoms with Gasteiger partial charge in [-0.2, -0.15) is 4.31 Å². The number of halogens is 2. The zero-order valence-corrected chi connectivity index (χ0v) is 21.7. The molecule has 0 heterocycles. The Kier molecular flexibility index (Phi) is 8.30. The first-order valence-electron chi connectivity index (χ1n) is 11.3. The number of nitrogens with zero attached hydrogens (tertiary/aromatic N) is 1. The number of hydrogen-bond donors (Lipinski definition) is 1. The summed E-state index contributed by atoms with van der Waals surface area (Å²) in [5.41, 5.74) is 1.94. The predicted octanol–water partition coefficient (Wildman–Crippen LogP) is 6.27. The van der Waals surface area contributed by atoms with E-state index >= 15 is 0 Å². The molecule has 0 bridgehead atoms. The highest BCUT2D eigenvalue weighted by Gasteiger charge is 2.27. The molecule has 0 atom stereocenters. The molecule has 0 aliphatic rings. The Bertz CT molecular complexity index is 1430. The zero-order chi connectivity index (χ0) is 25.5. The van der Waals surface area contributed by atoms with Crippen molar-refractivity contribution in [2.75, 3.05) is 11.9 Å². The molecule has 4 aromatic rings. The minimum atomic E-state index is -4.04. The first-order chi connectivity index (χ1) is 17.3. The van der Waals surface area contributed by atoms with Crippen LogP contribution in [0.4, 0.5) is 10.1 Å². The summed E-state index contributed by atoms with van der Waals surface area (Å²) in [4.78, 5) is 12.7. The Morgan fingerprint density at radius 1 is 0.833 bits per heavy atom. The third-order valence-electron chi connectivity index (χ3n) is 5.62. The number of carbonyl (C=O) groups excluding carboxylic acids is 1. The van der Waals surface area contributed by atoms with E-state index in [1.807, 2.05) is 60.7 Å². The molecule has 36 heavy (non-hydrogen) atoms. The van der Waals surface area contributed by atoms with Crippen LogP contribution >= 0.6 is 15.9 Å². The molecule has 0 saturated heterocycles. The molecule has 0 spiro atoms. The summed E-state index contributed by atoms with van der Waals surface area (Å²) in [5, 5.41) is 2.61. The number of rotatable bonds is 9. The Hall–Kier alpha value is -3.33. The van der Waals surface area contributed by atoms with Crippen LogP contribution in [0.5, 0.6) is 0 Å². The number of nitrogens with one attached hydrogen (secondary N) is 1. The van der Waals surface area contributed by atoms with Crippen LogP contribution in [0.25, 0.3) is 0 Å². The van der Waals surface area contributed by atoms with Crippen molar-refractivity contribution in [1.82, 2.24) is 4.31 Å². The summed E-state index contributed by atoms with van der Waals surface area (Å²) >= 11 is 3.32. The summed E-state index contributed by atoms with van der Waals surface area (Å²) in [6.45, 7) is 0.368. The fourth-order valence-corrected chi connectivity index (χ4v) is 5.41. The van der Waals surface area contributed by atoms with E-state index in [1.54, 1.807) is 24.3 Å². The van der Waals surface area contributed by atoms with Gasteiger partial charge in [0.25, 0.3) is 5.91 Å². The van der Waals surface area contributed by atoms with E-state index in [0.29, 0.717) is 12.1 Å². The van der Waals surface area contributed by atoms with Gasteiger partial charge in [-0.1, -0.05) is 76.6 Å². The zero-order valence-electron chi connectivity index (χ0n) is 19.3. The SMILES string of the molecule is O=C(Nc1ccc(Br)cc1)c1cc(S(=O)(=O)N(CCc2ccccc2)Cc2ccccc2)ccc1F. The second-order valence-corrected chi connectivity index (χ2v) is 11.0. The lowest BCUT2D eigenvalue weighted by molar-refractivity contribution is 0.102. The van der Waals surface area contributed by atoms with Gasteiger partial charge >= 0.3 is 0 Å². The van der Waals surface area contributed by atoms with E-state index in [9.17, 15) is 17.6 Å². The van der Waals surface area contributed by atoms with Crippen LogP contribution in [0.2, 0.25) is 0 Å². The maximum absolute atomic E-state index is 14.6. The largest absolute Gasteiger partial charge is 0.322 e. The standard InChI is InChI=1S/C28H24BrFN2O3S/c29-23-11-13-24(14-12-23)31-28(33)26-19-25(15-16-27(26)30)36(34,35)32(20-22-9-5-2-6-10-22)18-17-21-7-3-1-4-8-21/h1-16,19H,17-18,20H2,(H,31,33). The van der Waals surface area contributed by atoms with Crippen LogP contribution in [0.3, 0.4) is 0 Å². The van der Waals surface area contributed by atoms with E-state index in [2.05, 4.69) is 21.2 Å². The predicted molar refractivity (Wildman–Crippen MR) is 143 cm³/mol. The van der Waals surface area contributed by atoms with Gasteiger partial charge in [-0.25, -0.2) is 12.8 Å². The van der Waals surface area contributed by atoms with Gasteiger partial charge in [0.1, 0.15) is 5.82 Å². The van der Waals surface area contributed by atoms with Crippen LogP contribution in [-0.4, -0.2) is 25.2 Å². The van der Waals surface area contributed by atoms with Gasteiger partial charge in [-0.15, -0.1) is 0 Å². The van der Waals surface area contributed by atoms with E-state index < -0.39 is 21.7 Å². The molecule has 5 nitrogen and oxygen atoms in total. The van der Waals surface area contributed by atoms with Crippen LogP contribution in [0.1, 0.15) is 21.5 Å². The van der Waals surface area contributed by atoms with Crippen molar-refractivity contribution in [3.63, 3.8) is 0 Å². The first kappa shape index (κ1) is 25.8. The lowest BCUT2D eigenvalue weighted by atomic mass is 10.1. The van der Waals surface area contributed by atoms with Gasteiger partial charge < -0.3 is 5.32 Å². The average molecular weight is 567 g/mol. The normalized spacial score (nSPS) is 11.4. The van der Waals surface area contributed by atoms with Crippen molar-refractivity contribution in [3.8, 4) is 0 Å². The molecule has 4 rings (SSSR count). The van der Waals surface area contributed by atoms with Crippen LogP contribution in [0, 0.1) is 5.82 Å². The molecule has 0 fully saturated rings. The van der Waals surface area contributed by atoms with Gasteiger partial charge in [0.2, 0.25) is 10.0 Å². The van der Waals surface area contributed by atoms with Crippen molar-refractivity contribution in [2.45, 2.75) is 17.9 Å². The molecule has 0 saturated carbocycles. The number of carbonyl (C=O) groups is 1. The highest BCUT2D eigenvalue weighted by molar-refractivity contribution is 9.10. The van der Waals surface area contributed by atoms with Crippen molar-refractivity contribution < 1.29 is 17.6 Å². The summed E-state index contributed by atoms with van der Waals surface area (Å²) in [6, 6.07) is 29.0. The second-order valence-electron chi connectivity index (χ2n) is 8.16. The third kappa shape index (κ3) is 6.46.